The number of aryl methyl sites for hydroxylation is 1. The van der Waals surface area contributed by atoms with Crippen molar-refractivity contribution < 1.29 is 8.42 Å². The van der Waals surface area contributed by atoms with Crippen LogP contribution in [0.2, 0.25) is 0 Å². The first-order valence-electron chi connectivity index (χ1n) is 6.87. The fourth-order valence-corrected chi connectivity index (χ4v) is 4.53. The highest BCUT2D eigenvalue weighted by Gasteiger charge is 2.24. The summed E-state index contributed by atoms with van der Waals surface area (Å²) in [7, 11) is -3.60. The van der Waals surface area contributed by atoms with Gasteiger partial charge in [0, 0.05) is 12.2 Å². The summed E-state index contributed by atoms with van der Waals surface area (Å²) in [4.78, 5) is 13.4. The van der Waals surface area contributed by atoms with Crippen LogP contribution in [-0.4, -0.2) is 19.9 Å². The van der Waals surface area contributed by atoms with Crippen LogP contribution in [0.4, 0.5) is 0 Å². The Morgan fingerprint density at radius 2 is 1.95 bits per heavy atom. The SMILES string of the molecule is CCCCCC(C)(C)CNS(=O)(=O)c1sc(=O)[nH]c1C. The van der Waals surface area contributed by atoms with E-state index in [0.717, 1.165) is 37.0 Å². The summed E-state index contributed by atoms with van der Waals surface area (Å²) in [5.74, 6) is 0. The van der Waals surface area contributed by atoms with Crippen LogP contribution in [0, 0.1) is 12.3 Å². The van der Waals surface area contributed by atoms with Crippen molar-refractivity contribution in [2.45, 2.75) is 57.6 Å². The minimum absolute atomic E-state index is 0.0859. The number of nitrogens with one attached hydrogen (secondary N) is 2. The standard InChI is InChI=1S/C13H24N2O3S2/c1-5-6-7-8-13(3,4)9-14-20(17,18)11-10(2)15-12(16)19-11/h14H,5-9H2,1-4H3,(H,15,16). The molecule has 0 unspecified atom stereocenters. The third kappa shape index (κ3) is 5.03. The lowest BCUT2D eigenvalue weighted by atomic mass is 9.87. The van der Waals surface area contributed by atoms with Crippen LogP contribution in [0.15, 0.2) is 9.00 Å². The molecule has 0 bridgehead atoms. The third-order valence-electron chi connectivity index (χ3n) is 3.22. The topological polar surface area (TPSA) is 79.0 Å². The van der Waals surface area contributed by atoms with Crippen molar-refractivity contribution in [1.82, 2.24) is 9.71 Å². The molecule has 0 fully saturated rings. The van der Waals surface area contributed by atoms with Crippen LogP contribution in [-0.2, 0) is 10.0 Å². The van der Waals surface area contributed by atoms with E-state index < -0.39 is 10.0 Å². The number of hydrogen-bond donors (Lipinski definition) is 2. The van der Waals surface area contributed by atoms with Crippen molar-refractivity contribution in [2.75, 3.05) is 6.54 Å². The predicted octanol–water partition coefficient (Wildman–Crippen LogP) is 2.63. The van der Waals surface area contributed by atoms with E-state index in [0.29, 0.717) is 12.2 Å². The van der Waals surface area contributed by atoms with E-state index in [-0.39, 0.29) is 14.5 Å². The van der Waals surface area contributed by atoms with Gasteiger partial charge in [-0.05, 0) is 18.8 Å². The van der Waals surface area contributed by atoms with Crippen molar-refractivity contribution in [1.29, 1.82) is 0 Å². The molecule has 1 heterocycles. The van der Waals surface area contributed by atoms with Crippen molar-refractivity contribution >= 4 is 21.4 Å². The van der Waals surface area contributed by atoms with Gasteiger partial charge in [0.05, 0.1) is 0 Å². The Balaban J connectivity index is 2.68. The van der Waals surface area contributed by atoms with E-state index in [9.17, 15) is 13.2 Å². The average Bonchev–Trinajstić information content (AvgIpc) is 2.67. The van der Waals surface area contributed by atoms with Crippen LogP contribution >= 0.6 is 11.3 Å². The van der Waals surface area contributed by atoms with E-state index in [2.05, 4.69) is 30.5 Å². The van der Waals surface area contributed by atoms with Gasteiger partial charge in [-0.1, -0.05) is 51.4 Å². The quantitative estimate of drug-likeness (QED) is 0.723. The Labute approximate surface area is 124 Å². The average molecular weight is 320 g/mol. The molecular formula is C13H24N2O3S2. The molecule has 0 aliphatic carbocycles. The lowest BCUT2D eigenvalue weighted by molar-refractivity contribution is 0.320. The molecule has 1 aromatic heterocycles. The molecule has 2 N–H and O–H groups in total. The maximum absolute atomic E-state index is 12.2. The molecule has 0 radical (unpaired) electrons. The molecule has 0 amide bonds. The molecule has 116 valence electrons. The zero-order chi connectivity index (χ0) is 15.4. The summed E-state index contributed by atoms with van der Waals surface area (Å²) in [5, 5.41) is 0. The van der Waals surface area contributed by atoms with Gasteiger partial charge < -0.3 is 4.98 Å². The number of rotatable bonds is 8. The summed E-state index contributed by atoms with van der Waals surface area (Å²) < 4.78 is 27.1. The van der Waals surface area contributed by atoms with Crippen LogP contribution in [0.25, 0.3) is 0 Å². The van der Waals surface area contributed by atoms with Gasteiger partial charge in [0.2, 0.25) is 0 Å². The van der Waals surface area contributed by atoms with E-state index in [1.54, 1.807) is 6.92 Å². The largest absolute Gasteiger partial charge is 0.315 e. The molecule has 0 saturated heterocycles. The number of aromatic nitrogens is 1. The molecule has 0 aliphatic heterocycles. The second-order valence-corrected chi connectivity index (χ2v) is 8.82. The molecule has 1 rings (SSSR count). The molecule has 0 spiro atoms. The van der Waals surface area contributed by atoms with Crippen molar-refractivity contribution in [3.05, 3.63) is 15.4 Å². The van der Waals surface area contributed by atoms with E-state index in [1.165, 1.54) is 0 Å². The second-order valence-electron chi connectivity index (χ2n) is 5.87. The maximum Gasteiger partial charge on any atom is 0.305 e. The number of thiazole rings is 1. The summed E-state index contributed by atoms with van der Waals surface area (Å²) >= 11 is 0.732. The Morgan fingerprint density at radius 1 is 1.30 bits per heavy atom. The van der Waals surface area contributed by atoms with Gasteiger partial charge in [-0.25, -0.2) is 13.1 Å². The number of sulfonamides is 1. The van der Waals surface area contributed by atoms with Gasteiger partial charge in [0.25, 0.3) is 10.0 Å². The van der Waals surface area contributed by atoms with Gasteiger partial charge in [-0.15, -0.1) is 0 Å². The van der Waals surface area contributed by atoms with E-state index in [1.807, 2.05) is 0 Å². The van der Waals surface area contributed by atoms with Gasteiger partial charge >= 0.3 is 4.87 Å². The Kier molecular flexibility index (Phi) is 5.97. The van der Waals surface area contributed by atoms with Crippen LogP contribution in [0.3, 0.4) is 0 Å². The minimum Gasteiger partial charge on any atom is -0.315 e. The first-order valence-corrected chi connectivity index (χ1v) is 9.17. The Bertz CT molecular complexity index is 585. The molecule has 0 aromatic carbocycles. The number of H-pyrrole nitrogens is 1. The number of aromatic amines is 1. The molecular weight excluding hydrogens is 296 g/mol. The molecule has 0 atom stereocenters. The molecule has 1 aromatic rings. The molecule has 20 heavy (non-hydrogen) atoms. The van der Waals surface area contributed by atoms with Crippen LogP contribution in [0.5, 0.6) is 0 Å². The first kappa shape index (κ1) is 17.4. The first-order chi connectivity index (χ1) is 9.18. The van der Waals surface area contributed by atoms with Gasteiger partial charge in [0.15, 0.2) is 4.21 Å². The number of unbranched alkanes of at least 4 members (excludes halogenated alkanes) is 2. The highest BCUT2D eigenvalue weighted by Crippen LogP contribution is 2.24. The van der Waals surface area contributed by atoms with E-state index >= 15 is 0 Å². The lowest BCUT2D eigenvalue weighted by Crippen LogP contribution is -2.34. The van der Waals surface area contributed by atoms with Crippen LogP contribution < -0.4 is 9.60 Å². The van der Waals surface area contributed by atoms with Gasteiger partial charge in [0.1, 0.15) is 0 Å². The fourth-order valence-electron chi connectivity index (χ4n) is 1.94. The fraction of sp³-hybridized carbons (Fsp3) is 0.769. The molecule has 5 nitrogen and oxygen atoms in total. The summed E-state index contributed by atoms with van der Waals surface area (Å²) in [6.45, 7) is 8.23. The smallest absolute Gasteiger partial charge is 0.305 e. The van der Waals surface area contributed by atoms with Crippen molar-refractivity contribution in [2.24, 2.45) is 5.41 Å². The lowest BCUT2D eigenvalue weighted by Gasteiger charge is -2.24. The summed E-state index contributed by atoms with van der Waals surface area (Å²) in [5.41, 5.74) is 0.313. The predicted molar refractivity (Wildman–Crippen MR) is 82.8 cm³/mol. The summed E-state index contributed by atoms with van der Waals surface area (Å²) in [6, 6.07) is 0. The molecule has 0 saturated carbocycles. The second kappa shape index (κ2) is 6.87. The highest BCUT2D eigenvalue weighted by atomic mass is 32.2. The number of hydrogen-bond acceptors (Lipinski definition) is 4. The molecule has 7 heteroatoms. The third-order valence-corrected chi connectivity index (χ3v) is 6.23. The van der Waals surface area contributed by atoms with Gasteiger partial charge in [-0.3, -0.25) is 4.79 Å². The van der Waals surface area contributed by atoms with Crippen molar-refractivity contribution in [3.63, 3.8) is 0 Å². The molecule has 0 aliphatic rings. The highest BCUT2D eigenvalue weighted by molar-refractivity contribution is 7.91. The van der Waals surface area contributed by atoms with Crippen molar-refractivity contribution in [3.8, 4) is 0 Å². The van der Waals surface area contributed by atoms with Gasteiger partial charge in [-0.2, -0.15) is 0 Å². The minimum atomic E-state index is -3.60. The van der Waals surface area contributed by atoms with E-state index in [4.69, 9.17) is 0 Å². The zero-order valence-corrected chi connectivity index (χ0v) is 14.2. The summed E-state index contributed by atoms with van der Waals surface area (Å²) in [6.07, 6.45) is 4.39. The maximum atomic E-state index is 12.2. The Morgan fingerprint density at radius 3 is 2.45 bits per heavy atom. The normalized spacial score (nSPS) is 12.8. The zero-order valence-electron chi connectivity index (χ0n) is 12.6. The Hall–Kier alpha value is -0.660. The monoisotopic (exact) mass is 320 g/mol. The van der Waals surface area contributed by atoms with Crippen LogP contribution in [0.1, 0.15) is 52.1 Å².